The molecule has 6 heteroatoms. The van der Waals surface area contributed by atoms with Crippen molar-refractivity contribution in [2.24, 2.45) is 0 Å². The second kappa shape index (κ2) is 6.73. The number of fused-ring (bicyclic) bond motifs is 1. The number of carbonyl (C=O) groups excluding carboxylic acids is 1. The molecule has 0 radical (unpaired) electrons. The molecule has 2 aliphatic rings. The number of hydrogen-bond acceptors (Lipinski definition) is 4. The molecule has 0 aliphatic carbocycles. The number of aromatic nitrogens is 3. The summed E-state index contributed by atoms with van der Waals surface area (Å²) in [6, 6.07) is 8.76. The molecular formula is C18H23N5O. The molecule has 126 valence electrons. The van der Waals surface area contributed by atoms with Gasteiger partial charge in [-0.1, -0.05) is 35.9 Å². The Morgan fingerprint density at radius 1 is 1.21 bits per heavy atom. The Morgan fingerprint density at radius 2 is 2.00 bits per heavy atom. The minimum atomic E-state index is -0.0340. The van der Waals surface area contributed by atoms with Gasteiger partial charge in [0, 0.05) is 25.7 Å². The zero-order chi connectivity index (χ0) is 16.4. The highest BCUT2D eigenvalue weighted by atomic mass is 16.2. The van der Waals surface area contributed by atoms with E-state index in [0.717, 1.165) is 19.5 Å². The Labute approximate surface area is 141 Å². The molecule has 1 aromatic heterocycles. The smallest absolute Gasteiger partial charge is 0.276 e. The third-order valence-electron chi connectivity index (χ3n) is 5.00. The number of carbonyl (C=O) groups is 1. The lowest BCUT2D eigenvalue weighted by Crippen LogP contribution is -2.34. The van der Waals surface area contributed by atoms with Gasteiger partial charge in [0.25, 0.3) is 5.91 Å². The molecular weight excluding hydrogens is 302 g/mol. The van der Waals surface area contributed by atoms with E-state index in [1.165, 1.54) is 30.4 Å². The largest absolute Gasteiger partial charge is 0.329 e. The van der Waals surface area contributed by atoms with Crippen LogP contribution in [-0.4, -0.2) is 38.4 Å². The number of rotatable bonds is 4. The highest BCUT2D eigenvalue weighted by Crippen LogP contribution is 2.23. The molecule has 4 rings (SSSR count). The van der Waals surface area contributed by atoms with Gasteiger partial charge in [-0.2, -0.15) is 0 Å². The number of hydrogen-bond donors (Lipinski definition) is 1. The molecule has 1 amide bonds. The van der Waals surface area contributed by atoms with Gasteiger partial charge in [-0.25, -0.2) is 0 Å². The summed E-state index contributed by atoms with van der Waals surface area (Å²) in [4.78, 5) is 14.5. The van der Waals surface area contributed by atoms with Gasteiger partial charge in [0.1, 0.15) is 0 Å². The van der Waals surface area contributed by atoms with E-state index in [-0.39, 0.29) is 5.91 Å². The van der Waals surface area contributed by atoms with Gasteiger partial charge in [0.2, 0.25) is 0 Å². The summed E-state index contributed by atoms with van der Waals surface area (Å²) >= 11 is 0. The monoisotopic (exact) mass is 325 g/mol. The SMILES string of the molecule is O=C(c1cn(CC[C@H]2CCCCN2)nn1)N1Cc2ccccc2C1. The standard InChI is InChI=1S/C18H23N5O/c24-18(22-11-14-5-1-2-6-15(14)12-22)17-13-23(21-20-17)10-8-16-7-3-4-9-19-16/h1-2,5-6,13,16,19H,3-4,7-12H2/t16-/m1/s1. The van der Waals surface area contributed by atoms with E-state index in [4.69, 9.17) is 0 Å². The fourth-order valence-corrected chi connectivity index (χ4v) is 3.60. The Balaban J connectivity index is 1.35. The van der Waals surface area contributed by atoms with Crippen molar-refractivity contribution in [3.05, 3.63) is 47.3 Å². The van der Waals surface area contributed by atoms with Crippen LogP contribution < -0.4 is 5.32 Å². The van der Waals surface area contributed by atoms with Crippen LogP contribution in [0.25, 0.3) is 0 Å². The van der Waals surface area contributed by atoms with Crippen molar-refractivity contribution in [3.8, 4) is 0 Å². The van der Waals surface area contributed by atoms with Gasteiger partial charge in [-0.3, -0.25) is 9.48 Å². The minimum absolute atomic E-state index is 0.0340. The second-order valence-electron chi connectivity index (χ2n) is 6.73. The lowest BCUT2D eigenvalue weighted by atomic mass is 10.0. The van der Waals surface area contributed by atoms with Gasteiger partial charge < -0.3 is 10.2 Å². The maximum absolute atomic E-state index is 12.6. The van der Waals surface area contributed by atoms with Crippen molar-refractivity contribution in [1.29, 1.82) is 0 Å². The minimum Gasteiger partial charge on any atom is -0.329 e. The van der Waals surface area contributed by atoms with Crippen LogP contribution in [0.15, 0.2) is 30.5 Å². The Bertz CT molecular complexity index is 695. The van der Waals surface area contributed by atoms with Crippen LogP contribution >= 0.6 is 0 Å². The number of nitrogens with one attached hydrogen (secondary N) is 1. The molecule has 1 fully saturated rings. The quantitative estimate of drug-likeness (QED) is 0.933. The number of piperidine rings is 1. The average molecular weight is 325 g/mol. The first-order valence-corrected chi connectivity index (χ1v) is 8.79. The fraction of sp³-hybridized carbons (Fsp3) is 0.500. The van der Waals surface area contributed by atoms with E-state index < -0.39 is 0 Å². The maximum atomic E-state index is 12.6. The van der Waals surface area contributed by atoms with Crippen LogP contribution in [0, 0.1) is 0 Å². The van der Waals surface area contributed by atoms with Crippen molar-refractivity contribution in [2.75, 3.05) is 6.54 Å². The highest BCUT2D eigenvalue weighted by molar-refractivity contribution is 5.92. The van der Waals surface area contributed by atoms with Crippen LogP contribution in [0.5, 0.6) is 0 Å². The third kappa shape index (κ3) is 3.19. The zero-order valence-corrected chi connectivity index (χ0v) is 13.8. The summed E-state index contributed by atoms with van der Waals surface area (Å²) in [6.07, 6.45) is 6.62. The van der Waals surface area contributed by atoms with Crippen molar-refractivity contribution in [3.63, 3.8) is 0 Å². The molecule has 2 aliphatic heterocycles. The summed E-state index contributed by atoms with van der Waals surface area (Å²) < 4.78 is 1.80. The van der Waals surface area contributed by atoms with Gasteiger partial charge in [0.15, 0.2) is 5.69 Å². The number of nitrogens with zero attached hydrogens (tertiary/aromatic N) is 4. The molecule has 1 N–H and O–H groups in total. The normalized spacial score (nSPS) is 20.2. The molecule has 24 heavy (non-hydrogen) atoms. The van der Waals surface area contributed by atoms with Crippen LogP contribution in [-0.2, 0) is 19.6 Å². The number of aryl methyl sites for hydroxylation is 1. The molecule has 1 aromatic carbocycles. The van der Waals surface area contributed by atoms with Crippen molar-refractivity contribution in [1.82, 2.24) is 25.2 Å². The van der Waals surface area contributed by atoms with E-state index in [1.807, 2.05) is 17.0 Å². The summed E-state index contributed by atoms with van der Waals surface area (Å²) in [7, 11) is 0. The van der Waals surface area contributed by atoms with Crippen LogP contribution in [0.1, 0.15) is 47.3 Å². The third-order valence-corrected chi connectivity index (χ3v) is 5.00. The molecule has 1 saturated heterocycles. The molecule has 1 atom stereocenters. The Kier molecular flexibility index (Phi) is 4.30. The van der Waals surface area contributed by atoms with Crippen LogP contribution in [0.3, 0.4) is 0 Å². The molecule has 6 nitrogen and oxygen atoms in total. The molecule has 3 heterocycles. The molecule has 0 spiro atoms. The Morgan fingerprint density at radius 3 is 2.71 bits per heavy atom. The molecule has 0 bridgehead atoms. The van der Waals surface area contributed by atoms with E-state index in [9.17, 15) is 4.79 Å². The first kappa shape index (κ1) is 15.3. The van der Waals surface area contributed by atoms with E-state index >= 15 is 0 Å². The van der Waals surface area contributed by atoms with Gasteiger partial charge >= 0.3 is 0 Å². The van der Waals surface area contributed by atoms with E-state index in [0.29, 0.717) is 24.8 Å². The first-order chi connectivity index (χ1) is 11.8. The predicted octanol–water partition coefficient (Wildman–Crippen LogP) is 1.97. The van der Waals surface area contributed by atoms with Crippen molar-refractivity contribution in [2.45, 2.75) is 51.4 Å². The first-order valence-electron chi connectivity index (χ1n) is 8.79. The summed E-state index contributed by atoms with van der Waals surface area (Å²) in [6.45, 7) is 3.24. The molecule has 0 saturated carbocycles. The summed E-state index contributed by atoms with van der Waals surface area (Å²) in [5.74, 6) is -0.0340. The highest BCUT2D eigenvalue weighted by Gasteiger charge is 2.25. The van der Waals surface area contributed by atoms with Gasteiger partial charge in [-0.15, -0.1) is 5.10 Å². The van der Waals surface area contributed by atoms with E-state index in [2.05, 4.69) is 27.8 Å². The van der Waals surface area contributed by atoms with Crippen molar-refractivity contribution >= 4 is 5.91 Å². The van der Waals surface area contributed by atoms with Crippen LogP contribution in [0.4, 0.5) is 0 Å². The maximum Gasteiger partial charge on any atom is 0.276 e. The fourth-order valence-electron chi connectivity index (χ4n) is 3.60. The molecule has 0 unspecified atom stereocenters. The number of benzene rings is 1. The van der Waals surface area contributed by atoms with Gasteiger partial charge in [-0.05, 0) is 36.9 Å². The Hall–Kier alpha value is -2.21. The van der Waals surface area contributed by atoms with Crippen LogP contribution in [0.2, 0.25) is 0 Å². The lowest BCUT2D eigenvalue weighted by molar-refractivity contribution is 0.0745. The van der Waals surface area contributed by atoms with Gasteiger partial charge in [0.05, 0.1) is 6.20 Å². The van der Waals surface area contributed by atoms with Crippen molar-refractivity contribution < 1.29 is 4.79 Å². The zero-order valence-electron chi connectivity index (χ0n) is 13.8. The molecule has 2 aromatic rings. The average Bonchev–Trinajstić information content (AvgIpc) is 3.27. The topological polar surface area (TPSA) is 63.1 Å². The lowest BCUT2D eigenvalue weighted by Gasteiger charge is -2.23. The second-order valence-corrected chi connectivity index (χ2v) is 6.73. The summed E-state index contributed by atoms with van der Waals surface area (Å²) in [5.41, 5.74) is 2.89. The predicted molar refractivity (Wildman–Crippen MR) is 90.3 cm³/mol. The number of amides is 1. The summed E-state index contributed by atoms with van der Waals surface area (Å²) in [5, 5.41) is 11.8. The van der Waals surface area contributed by atoms with E-state index in [1.54, 1.807) is 10.9 Å².